The van der Waals surface area contributed by atoms with Crippen LogP contribution >= 0.6 is 0 Å². The van der Waals surface area contributed by atoms with E-state index in [1.165, 1.54) is 0 Å². The van der Waals surface area contributed by atoms with Crippen molar-refractivity contribution in [3.8, 4) is 5.75 Å². The summed E-state index contributed by atoms with van der Waals surface area (Å²) in [5.74, 6) is 0.631. The lowest BCUT2D eigenvalue weighted by atomic mass is 10.1. The first-order valence-corrected chi connectivity index (χ1v) is 5.60. The predicted molar refractivity (Wildman–Crippen MR) is 63.2 cm³/mol. The summed E-state index contributed by atoms with van der Waals surface area (Å²) in [7, 11) is 0. The second-order valence-electron chi connectivity index (χ2n) is 3.39. The molecule has 1 rings (SSSR count). The molecule has 0 radical (unpaired) electrons. The lowest BCUT2D eigenvalue weighted by Gasteiger charge is -2.09. The zero-order valence-electron chi connectivity index (χ0n) is 9.86. The molecule has 0 amide bonds. The molecule has 3 heteroatoms. The molecule has 0 fully saturated rings. The van der Waals surface area contributed by atoms with E-state index in [1.54, 1.807) is 0 Å². The van der Waals surface area contributed by atoms with Crippen molar-refractivity contribution in [2.24, 2.45) is 0 Å². The van der Waals surface area contributed by atoms with Gasteiger partial charge in [0, 0.05) is 6.61 Å². The Morgan fingerprint density at radius 3 is 2.69 bits per heavy atom. The van der Waals surface area contributed by atoms with Crippen molar-refractivity contribution in [3.05, 3.63) is 29.3 Å². The van der Waals surface area contributed by atoms with E-state index in [0.29, 0.717) is 31.1 Å². The van der Waals surface area contributed by atoms with Gasteiger partial charge in [-0.1, -0.05) is 13.0 Å². The van der Waals surface area contributed by atoms with Crippen molar-refractivity contribution < 1.29 is 14.3 Å². The van der Waals surface area contributed by atoms with Gasteiger partial charge in [-0.25, -0.2) is 0 Å². The van der Waals surface area contributed by atoms with Gasteiger partial charge in [-0.2, -0.15) is 0 Å². The van der Waals surface area contributed by atoms with Crippen LogP contribution in [0, 0.1) is 0 Å². The number of benzene rings is 1. The maximum atomic E-state index is 10.9. The van der Waals surface area contributed by atoms with E-state index in [1.807, 2.05) is 25.1 Å². The minimum atomic E-state index is 0.472. The molecule has 0 atom stereocenters. The second kappa shape index (κ2) is 7.01. The molecular weight excluding hydrogens is 204 g/mol. The highest BCUT2D eigenvalue weighted by Crippen LogP contribution is 2.18. The highest BCUT2D eigenvalue weighted by Gasteiger charge is 2.03. The van der Waals surface area contributed by atoms with Gasteiger partial charge in [-0.05, 0) is 31.0 Å². The summed E-state index contributed by atoms with van der Waals surface area (Å²) in [6.45, 7) is 5.69. The molecule has 0 bridgehead atoms. The molecule has 1 aromatic carbocycles. The fraction of sp³-hybridized carbons (Fsp3) is 0.462. The molecular formula is C13H18O3. The first kappa shape index (κ1) is 12.7. The molecule has 16 heavy (non-hydrogen) atoms. The molecule has 0 aliphatic carbocycles. The number of rotatable bonds is 7. The summed E-state index contributed by atoms with van der Waals surface area (Å²) in [6, 6.07) is 5.68. The molecule has 0 heterocycles. The largest absolute Gasteiger partial charge is 0.490 e. The summed E-state index contributed by atoms with van der Waals surface area (Å²) < 4.78 is 10.6. The second-order valence-corrected chi connectivity index (χ2v) is 3.39. The third-order valence-corrected chi connectivity index (χ3v) is 2.30. The maximum Gasteiger partial charge on any atom is 0.153 e. The number of carbonyl (C=O) groups excluding carboxylic acids is 1. The number of aldehydes is 1. The van der Waals surface area contributed by atoms with Crippen molar-refractivity contribution in [3.63, 3.8) is 0 Å². The zero-order valence-corrected chi connectivity index (χ0v) is 9.86. The zero-order chi connectivity index (χ0) is 11.8. The van der Waals surface area contributed by atoms with Crippen LogP contribution in [0.4, 0.5) is 0 Å². The molecule has 0 aliphatic heterocycles. The van der Waals surface area contributed by atoms with Gasteiger partial charge in [-0.3, -0.25) is 4.79 Å². The number of ether oxygens (including phenoxy) is 2. The van der Waals surface area contributed by atoms with Gasteiger partial charge in [0.2, 0.25) is 0 Å². The lowest BCUT2D eigenvalue weighted by molar-refractivity contribution is 0.106. The first-order valence-electron chi connectivity index (χ1n) is 5.60. The van der Waals surface area contributed by atoms with Gasteiger partial charge in [0.05, 0.1) is 12.2 Å². The summed E-state index contributed by atoms with van der Waals surface area (Å²) in [6.07, 6.45) is 1.75. The molecule has 88 valence electrons. The van der Waals surface area contributed by atoms with E-state index in [9.17, 15) is 4.79 Å². The summed E-state index contributed by atoms with van der Waals surface area (Å²) in [5, 5.41) is 0. The molecule has 0 aromatic heterocycles. The Hall–Kier alpha value is -1.35. The third-order valence-electron chi connectivity index (χ3n) is 2.30. The number of hydrogen-bond acceptors (Lipinski definition) is 3. The Balaban J connectivity index is 2.61. The minimum Gasteiger partial charge on any atom is -0.490 e. The van der Waals surface area contributed by atoms with Crippen molar-refractivity contribution in [1.82, 2.24) is 0 Å². The Morgan fingerprint density at radius 1 is 1.25 bits per heavy atom. The topological polar surface area (TPSA) is 35.5 Å². The van der Waals surface area contributed by atoms with E-state index in [4.69, 9.17) is 9.47 Å². The lowest BCUT2D eigenvalue weighted by Crippen LogP contribution is -2.07. The van der Waals surface area contributed by atoms with Crippen LogP contribution in [-0.2, 0) is 11.2 Å². The summed E-state index contributed by atoms with van der Waals surface area (Å²) in [5.41, 5.74) is 1.75. The molecule has 0 aliphatic rings. The fourth-order valence-corrected chi connectivity index (χ4v) is 1.40. The van der Waals surface area contributed by atoms with E-state index in [-0.39, 0.29) is 0 Å². The third kappa shape index (κ3) is 3.66. The van der Waals surface area contributed by atoms with Gasteiger partial charge in [0.1, 0.15) is 12.4 Å². The minimum absolute atomic E-state index is 0.472. The smallest absolute Gasteiger partial charge is 0.153 e. The quantitative estimate of drug-likeness (QED) is 0.525. The fourth-order valence-electron chi connectivity index (χ4n) is 1.40. The van der Waals surface area contributed by atoms with Gasteiger partial charge < -0.3 is 9.47 Å². The summed E-state index contributed by atoms with van der Waals surface area (Å²) >= 11 is 0. The highest BCUT2D eigenvalue weighted by molar-refractivity contribution is 5.79. The SMILES string of the molecule is CCOCCOc1ccc(CC)cc1C=O. The highest BCUT2D eigenvalue weighted by atomic mass is 16.5. The number of aryl methyl sites for hydroxylation is 1. The predicted octanol–water partition coefficient (Wildman–Crippen LogP) is 2.48. The van der Waals surface area contributed by atoms with Crippen LogP contribution in [0.15, 0.2) is 18.2 Å². The van der Waals surface area contributed by atoms with Crippen LogP contribution in [0.2, 0.25) is 0 Å². The Kier molecular flexibility index (Phi) is 5.57. The average molecular weight is 222 g/mol. The van der Waals surface area contributed by atoms with E-state index in [0.717, 1.165) is 18.3 Å². The van der Waals surface area contributed by atoms with Crippen molar-refractivity contribution >= 4 is 6.29 Å². The maximum absolute atomic E-state index is 10.9. The van der Waals surface area contributed by atoms with E-state index >= 15 is 0 Å². The Bertz CT molecular complexity index is 334. The van der Waals surface area contributed by atoms with E-state index < -0.39 is 0 Å². The molecule has 0 saturated carbocycles. The van der Waals surface area contributed by atoms with Gasteiger partial charge in [0.15, 0.2) is 6.29 Å². The van der Waals surface area contributed by atoms with Crippen LogP contribution in [0.1, 0.15) is 29.8 Å². The standard InChI is InChI=1S/C13H18O3/c1-3-11-5-6-13(12(9-11)10-14)16-8-7-15-4-2/h5-6,9-10H,3-4,7-8H2,1-2H3. The van der Waals surface area contributed by atoms with Crippen LogP contribution in [0.25, 0.3) is 0 Å². The molecule has 0 spiro atoms. The van der Waals surface area contributed by atoms with Crippen LogP contribution in [0.5, 0.6) is 5.75 Å². The van der Waals surface area contributed by atoms with E-state index in [2.05, 4.69) is 6.92 Å². The van der Waals surface area contributed by atoms with Gasteiger partial charge in [-0.15, -0.1) is 0 Å². The monoisotopic (exact) mass is 222 g/mol. The van der Waals surface area contributed by atoms with Crippen LogP contribution < -0.4 is 4.74 Å². The van der Waals surface area contributed by atoms with Gasteiger partial charge in [0.25, 0.3) is 0 Å². The van der Waals surface area contributed by atoms with Crippen molar-refractivity contribution in [2.75, 3.05) is 19.8 Å². The molecule has 0 saturated heterocycles. The van der Waals surface area contributed by atoms with Crippen LogP contribution in [0.3, 0.4) is 0 Å². The Morgan fingerprint density at radius 2 is 2.06 bits per heavy atom. The molecule has 1 aromatic rings. The summed E-state index contributed by atoms with van der Waals surface area (Å²) in [4.78, 5) is 10.9. The molecule has 3 nitrogen and oxygen atoms in total. The van der Waals surface area contributed by atoms with Crippen molar-refractivity contribution in [1.29, 1.82) is 0 Å². The average Bonchev–Trinajstić information content (AvgIpc) is 2.34. The normalized spacial score (nSPS) is 10.1. The number of hydrogen-bond donors (Lipinski definition) is 0. The van der Waals surface area contributed by atoms with Crippen LogP contribution in [-0.4, -0.2) is 26.1 Å². The number of carbonyl (C=O) groups is 1. The van der Waals surface area contributed by atoms with Crippen molar-refractivity contribution in [2.45, 2.75) is 20.3 Å². The van der Waals surface area contributed by atoms with Gasteiger partial charge >= 0.3 is 0 Å². The molecule has 0 unspecified atom stereocenters. The Labute approximate surface area is 96.4 Å². The molecule has 0 N–H and O–H groups in total. The first-order chi connectivity index (χ1) is 7.81.